The largest absolute Gasteiger partial charge is 0.489 e. The van der Waals surface area contributed by atoms with Crippen LogP contribution in [0, 0.1) is 0 Å². The van der Waals surface area contributed by atoms with Gasteiger partial charge in [0.2, 0.25) is 0 Å². The van der Waals surface area contributed by atoms with Gasteiger partial charge in [-0.15, -0.1) is 0 Å². The first kappa shape index (κ1) is 9.22. The molecule has 1 heterocycles. The lowest BCUT2D eigenvalue weighted by molar-refractivity contribution is 0.223. The molecule has 1 atom stereocenters. The highest BCUT2D eigenvalue weighted by Gasteiger charge is 2.17. The summed E-state index contributed by atoms with van der Waals surface area (Å²) in [5.41, 5.74) is 3.02. The number of hydrogen-bond donors (Lipinski definition) is 1. The van der Waals surface area contributed by atoms with Crippen LogP contribution in [-0.4, -0.2) is 19.2 Å². The second kappa shape index (κ2) is 3.86. The smallest absolute Gasteiger partial charge is 0.120 e. The molecular weight excluding hydrogens is 186 g/mol. The Hall–Kier alpha value is -1.02. The Balaban J connectivity index is 1.75. The van der Waals surface area contributed by atoms with Gasteiger partial charge in [0, 0.05) is 6.54 Å². The van der Waals surface area contributed by atoms with E-state index in [4.69, 9.17) is 4.74 Å². The first-order chi connectivity index (χ1) is 7.42. The van der Waals surface area contributed by atoms with E-state index in [0.29, 0.717) is 6.10 Å². The van der Waals surface area contributed by atoms with Crippen LogP contribution in [0.25, 0.3) is 0 Å². The van der Waals surface area contributed by atoms with Crippen molar-refractivity contribution in [3.63, 3.8) is 0 Å². The minimum absolute atomic E-state index is 0.379. The summed E-state index contributed by atoms with van der Waals surface area (Å²) in [4.78, 5) is 0. The van der Waals surface area contributed by atoms with Gasteiger partial charge in [-0.1, -0.05) is 6.07 Å². The third-order valence-corrected chi connectivity index (χ3v) is 3.39. The molecule has 1 fully saturated rings. The van der Waals surface area contributed by atoms with Crippen molar-refractivity contribution in [1.29, 1.82) is 0 Å². The Morgan fingerprint density at radius 1 is 1.20 bits per heavy atom. The number of aryl methyl sites for hydroxylation is 2. The number of rotatable bonds is 2. The van der Waals surface area contributed by atoms with Crippen molar-refractivity contribution < 1.29 is 4.74 Å². The summed E-state index contributed by atoms with van der Waals surface area (Å²) in [7, 11) is 0. The van der Waals surface area contributed by atoms with E-state index in [2.05, 4.69) is 23.5 Å². The molecule has 0 radical (unpaired) electrons. The van der Waals surface area contributed by atoms with Crippen LogP contribution in [0.3, 0.4) is 0 Å². The van der Waals surface area contributed by atoms with Gasteiger partial charge in [-0.3, -0.25) is 0 Å². The highest BCUT2D eigenvalue weighted by molar-refractivity contribution is 5.38. The Kier molecular flexibility index (Phi) is 2.37. The zero-order chi connectivity index (χ0) is 10.1. The van der Waals surface area contributed by atoms with E-state index in [1.807, 2.05) is 0 Å². The van der Waals surface area contributed by atoms with Gasteiger partial charge in [0.05, 0.1) is 0 Å². The van der Waals surface area contributed by atoms with E-state index in [0.717, 1.165) is 25.3 Å². The monoisotopic (exact) mass is 203 g/mol. The molecule has 0 saturated carbocycles. The zero-order valence-electron chi connectivity index (χ0n) is 8.96. The fraction of sp³-hybridized carbons (Fsp3) is 0.538. The fourth-order valence-corrected chi connectivity index (χ4v) is 2.54. The summed E-state index contributed by atoms with van der Waals surface area (Å²) >= 11 is 0. The molecule has 2 aliphatic rings. The molecule has 1 aliphatic heterocycles. The fourth-order valence-electron chi connectivity index (χ4n) is 2.54. The van der Waals surface area contributed by atoms with Gasteiger partial charge in [0.15, 0.2) is 0 Å². The van der Waals surface area contributed by atoms with Gasteiger partial charge in [-0.2, -0.15) is 0 Å². The highest BCUT2D eigenvalue weighted by Crippen LogP contribution is 2.26. The van der Waals surface area contributed by atoms with Crippen molar-refractivity contribution in [2.45, 2.75) is 31.8 Å². The van der Waals surface area contributed by atoms with Gasteiger partial charge in [0.25, 0.3) is 0 Å². The minimum atomic E-state index is 0.379. The van der Waals surface area contributed by atoms with Crippen molar-refractivity contribution in [3.05, 3.63) is 29.3 Å². The van der Waals surface area contributed by atoms with Crippen LogP contribution in [0.1, 0.15) is 24.0 Å². The summed E-state index contributed by atoms with van der Waals surface area (Å²) in [6.45, 7) is 2.09. The molecule has 1 aromatic rings. The maximum absolute atomic E-state index is 5.94. The van der Waals surface area contributed by atoms with Crippen LogP contribution in [0.4, 0.5) is 0 Å². The number of hydrogen-bond acceptors (Lipinski definition) is 2. The van der Waals surface area contributed by atoms with Crippen LogP contribution in [-0.2, 0) is 12.8 Å². The van der Waals surface area contributed by atoms with Crippen LogP contribution >= 0.6 is 0 Å². The second-order valence-corrected chi connectivity index (χ2v) is 4.52. The molecule has 0 aromatic heterocycles. The van der Waals surface area contributed by atoms with Crippen molar-refractivity contribution in [2.24, 2.45) is 0 Å². The summed E-state index contributed by atoms with van der Waals surface area (Å²) in [5, 5.41) is 3.32. The van der Waals surface area contributed by atoms with Gasteiger partial charge in [0.1, 0.15) is 11.9 Å². The van der Waals surface area contributed by atoms with E-state index in [1.165, 1.54) is 30.4 Å². The van der Waals surface area contributed by atoms with Crippen LogP contribution < -0.4 is 10.1 Å². The van der Waals surface area contributed by atoms with E-state index < -0.39 is 0 Å². The number of benzene rings is 1. The summed E-state index contributed by atoms with van der Waals surface area (Å²) in [6, 6.07) is 6.60. The summed E-state index contributed by atoms with van der Waals surface area (Å²) in [5.74, 6) is 1.06. The van der Waals surface area contributed by atoms with E-state index in [9.17, 15) is 0 Å². The number of nitrogens with one attached hydrogen (secondary N) is 1. The zero-order valence-corrected chi connectivity index (χ0v) is 8.96. The lowest BCUT2D eigenvalue weighted by Gasteiger charge is -2.13. The van der Waals surface area contributed by atoms with Gasteiger partial charge in [-0.05, 0) is 55.5 Å². The molecule has 1 N–H and O–H groups in total. The molecule has 15 heavy (non-hydrogen) atoms. The highest BCUT2D eigenvalue weighted by atomic mass is 16.5. The normalized spacial score (nSPS) is 24.1. The lowest BCUT2D eigenvalue weighted by Crippen LogP contribution is -2.19. The molecule has 0 spiro atoms. The van der Waals surface area contributed by atoms with Gasteiger partial charge in [-0.25, -0.2) is 0 Å². The molecule has 0 unspecified atom stereocenters. The maximum Gasteiger partial charge on any atom is 0.120 e. The van der Waals surface area contributed by atoms with E-state index in [1.54, 1.807) is 0 Å². The minimum Gasteiger partial charge on any atom is -0.489 e. The number of ether oxygens (including phenoxy) is 1. The van der Waals surface area contributed by atoms with Crippen molar-refractivity contribution in [2.75, 3.05) is 13.1 Å². The van der Waals surface area contributed by atoms with Crippen LogP contribution in [0.5, 0.6) is 5.75 Å². The Labute approximate surface area is 90.6 Å². The van der Waals surface area contributed by atoms with E-state index in [-0.39, 0.29) is 0 Å². The standard InChI is InChI=1S/C13H17NO/c1-2-10-4-5-12(8-11(10)3-1)15-13-6-7-14-9-13/h4-5,8,13-14H,1-3,6-7,9H2/t13-/m1/s1. The Bertz CT molecular complexity index is 356. The summed E-state index contributed by atoms with van der Waals surface area (Å²) < 4.78 is 5.94. The molecule has 80 valence electrons. The van der Waals surface area contributed by atoms with Crippen molar-refractivity contribution in [1.82, 2.24) is 5.32 Å². The third kappa shape index (κ3) is 1.86. The van der Waals surface area contributed by atoms with E-state index >= 15 is 0 Å². The van der Waals surface area contributed by atoms with Crippen LogP contribution in [0.2, 0.25) is 0 Å². The van der Waals surface area contributed by atoms with Crippen molar-refractivity contribution >= 4 is 0 Å². The molecule has 0 bridgehead atoms. The Morgan fingerprint density at radius 3 is 3.00 bits per heavy atom. The summed E-state index contributed by atoms with van der Waals surface area (Å²) in [6.07, 6.45) is 5.31. The second-order valence-electron chi connectivity index (χ2n) is 4.52. The SMILES string of the molecule is c1cc2c(cc1O[C@@H]1CCNC1)CCC2. The van der Waals surface area contributed by atoms with Gasteiger partial charge >= 0.3 is 0 Å². The molecule has 1 aliphatic carbocycles. The predicted octanol–water partition coefficient (Wildman–Crippen LogP) is 1.92. The molecule has 1 aromatic carbocycles. The molecular formula is C13H17NO. The number of fused-ring (bicyclic) bond motifs is 1. The average Bonchev–Trinajstić information content (AvgIpc) is 2.87. The average molecular weight is 203 g/mol. The molecule has 3 rings (SSSR count). The molecule has 2 heteroatoms. The quantitative estimate of drug-likeness (QED) is 0.793. The molecule has 2 nitrogen and oxygen atoms in total. The first-order valence-corrected chi connectivity index (χ1v) is 5.91. The first-order valence-electron chi connectivity index (χ1n) is 5.91. The Morgan fingerprint density at radius 2 is 2.13 bits per heavy atom. The maximum atomic E-state index is 5.94. The van der Waals surface area contributed by atoms with Gasteiger partial charge < -0.3 is 10.1 Å². The lowest BCUT2D eigenvalue weighted by atomic mass is 10.1. The predicted molar refractivity (Wildman–Crippen MR) is 60.4 cm³/mol. The third-order valence-electron chi connectivity index (χ3n) is 3.39. The molecule has 0 amide bonds. The molecule has 1 saturated heterocycles. The van der Waals surface area contributed by atoms with Crippen molar-refractivity contribution in [3.8, 4) is 5.75 Å². The van der Waals surface area contributed by atoms with Crippen LogP contribution in [0.15, 0.2) is 18.2 Å². The topological polar surface area (TPSA) is 21.3 Å².